The van der Waals surface area contributed by atoms with Crippen LogP contribution in [0.5, 0.6) is 0 Å². The fourth-order valence-corrected chi connectivity index (χ4v) is 2.94. The van der Waals surface area contributed by atoms with Gasteiger partial charge < -0.3 is 15.0 Å². The van der Waals surface area contributed by atoms with Crippen molar-refractivity contribution >= 4 is 11.9 Å². The molecule has 0 spiro atoms. The minimum absolute atomic E-state index is 0.00934. The van der Waals surface area contributed by atoms with E-state index in [1.54, 1.807) is 6.20 Å². The lowest BCUT2D eigenvalue weighted by Crippen LogP contribution is -2.41. The van der Waals surface area contributed by atoms with Gasteiger partial charge in [-0.05, 0) is 30.5 Å². The molecule has 1 atom stereocenters. The summed E-state index contributed by atoms with van der Waals surface area (Å²) in [7, 11) is 0. The highest BCUT2D eigenvalue weighted by Gasteiger charge is 2.27. The molecule has 26 heavy (non-hydrogen) atoms. The second-order valence-corrected chi connectivity index (χ2v) is 6.32. The normalized spacial score (nSPS) is 17.6. The molecule has 1 fully saturated rings. The summed E-state index contributed by atoms with van der Waals surface area (Å²) in [5.74, 6) is 0.00934. The first kappa shape index (κ1) is 18.1. The van der Waals surface area contributed by atoms with E-state index in [0.717, 1.165) is 17.7 Å². The van der Waals surface area contributed by atoms with Gasteiger partial charge in [-0.2, -0.15) is 0 Å². The monoisotopic (exact) mass is 353 g/mol. The summed E-state index contributed by atoms with van der Waals surface area (Å²) in [6.45, 7) is 1.36. The quantitative estimate of drug-likeness (QED) is 0.894. The highest BCUT2D eigenvalue weighted by Crippen LogP contribution is 2.11. The van der Waals surface area contributed by atoms with E-state index >= 15 is 0 Å². The van der Waals surface area contributed by atoms with Gasteiger partial charge in [0, 0.05) is 19.3 Å². The zero-order valence-corrected chi connectivity index (χ0v) is 14.6. The van der Waals surface area contributed by atoms with E-state index in [-0.39, 0.29) is 25.0 Å². The molecule has 0 saturated carbocycles. The number of aromatic nitrogens is 1. The first-order valence-electron chi connectivity index (χ1n) is 8.84. The van der Waals surface area contributed by atoms with Gasteiger partial charge in [-0.25, -0.2) is 4.79 Å². The molecule has 0 radical (unpaired) electrons. The molecule has 1 aromatic heterocycles. The predicted octanol–water partition coefficient (Wildman–Crippen LogP) is 2.54. The summed E-state index contributed by atoms with van der Waals surface area (Å²) in [6, 6.07) is 15.0. The smallest absolute Gasteiger partial charge is 0.410 e. The number of hydrogen-bond acceptors (Lipinski definition) is 5. The second kappa shape index (κ2) is 9.10. The Kier molecular flexibility index (Phi) is 6.33. The summed E-state index contributed by atoms with van der Waals surface area (Å²) >= 11 is 0. The van der Waals surface area contributed by atoms with Crippen molar-refractivity contribution in [1.29, 1.82) is 0 Å². The van der Waals surface area contributed by atoms with Crippen molar-refractivity contribution in [2.75, 3.05) is 13.1 Å². The van der Waals surface area contributed by atoms with Crippen molar-refractivity contribution in [3.8, 4) is 0 Å². The van der Waals surface area contributed by atoms with Gasteiger partial charge in [0.15, 0.2) is 5.78 Å². The number of carbonyl (C=O) groups is 2. The Balaban J connectivity index is 1.49. The fraction of sp³-hybridized carbons (Fsp3) is 0.350. The number of carbonyl (C=O) groups excluding carboxylic acids is 2. The lowest BCUT2D eigenvalue weighted by Gasteiger charge is -2.19. The summed E-state index contributed by atoms with van der Waals surface area (Å²) < 4.78 is 5.34. The minimum Gasteiger partial charge on any atom is -0.445 e. The van der Waals surface area contributed by atoms with Crippen LogP contribution in [0.1, 0.15) is 24.1 Å². The van der Waals surface area contributed by atoms with E-state index in [1.165, 1.54) is 4.90 Å². The van der Waals surface area contributed by atoms with Crippen molar-refractivity contribution in [2.24, 2.45) is 0 Å². The van der Waals surface area contributed by atoms with Gasteiger partial charge in [0.05, 0.1) is 18.3 Å². The maximum absolute atomic E-state index is 12.5. The Morgan fingerprint density at radius 1 is 1.19 bits per heavy atom. The summed E-state index contributed by atoms with van der Waals surface area (Å²) in [5.41, 5.74) is 1.82. The molecule has 6 heteroatoms. The standard InChI is InChI=1S/C20H23N3O3/c24-19-14-23(20(25)26-15-16-7-2-1-3-8-16)12-6-10-18(19)22-13-17-9-4-5-11-21-17/h1-5,7-9,11,18,22H,6,10,12-15H2. The van der Waals surface area contributed by atoms with Crippen molar-refractivity contribution in [2.45, 2.75) is 32.0 Å². The number of rotatable bonds is 5. The van der Waals surface area contributed by atoms with E-state index < -0.39 is 6.09 Å². The Labute approximate surface area is 153 Å². The molecule has 2 heterocycles. The number of nitrogens with zero attached hydrogens (tertiary/aromatic N) is 2. The lowest BCUT2D eigenvalue weighted by molar-refractivity contribution is -0.121. The average Bonchev–Trinajstić information content (AvgIpc) is 2.87. The first-order valence-corrected chi connectivity index (χ1v) is 8.84. The van der Waals surface area contributed by atoms with Gasteiger partial charge in [-0.1, -0.05) is 36.4 Å². The predicted molar refractivity (Wildman–Crippen MR) is 97.3 cm³/mol. The van der Waals surface area contributed by atoms with Gasteiger partial charge in [-0.15, -0.1) is 0 Å². The van der Waals surface area contributed by atoms with Crippen molar-refractivity contribution in [3.05, 3.63) is 66.0 Å². The molecule has 0 aliphatic carbocycles. The van der Waals surface area contributed by atoms with Gasteiger partial charge in [0.25, 0.3) is 0 Å². The molecule has 3 rings (SSSR count). The Morgan fingerprint density at radius 2 is 2.00 bits per heavy atom. The summed E-state index contributed by atoms with van der Waals surface area (Å²) in [4.78, 5) is 30.5. The lowest BCUT2D eigenvalue weighted by atomic mass is 10.1. The topological polar surface area (TPSA) is 71.5 Å². The Hall–Kier alpha value is -2.73. The molecular weight excluding hydrogens is 330 g/mol. The van der Waals surface area contributed by atoms with Crippen LogP contribution in [0.3, 0.4) is 0 Å². The average molecular weight is 353 g/mol. The van der Waals surface area contributed by atoms with Crippen molar-refractivity contribution < 1.29 is 14.3 Å². The van der Waals surface area contributed by atoms with Crippen LogP contribution >= 0.6 is 0 Å². The van der Waals surface area contributed by atoms with E-state index in [4.69, 9.17) is 4.74 Å². The third kappa shape index (κ3) is 5.13. The first-order chi connectivity index (χ1) is 12.7. The number of pyridine rings is 1. The molecule has 1 aliphatic rings. The van der Waals surface area contributed by atoms with Crippen molar-refractivity contribution in [1.82, 2.24) is 15.2 Å². The highest BCUT2D eigenvalue weighted by molar-refractivity contribution is 5.88. The number of ether oxygens (including phenoxy) is 1. The Bertz CT molecular complexity index is 722. The number of likely N-dealkylation sites (tertiary alicyclic amines) is 1. The number of hydrogen-bond donors (Lipinski definition) is 1. The third-order valence-corrected chi connectivity index (χ3v) is 4.38. The number of nitrogens with one attached hydrogen (secondary N) is 1. The van der Waals surface area contributed by atoms with E-state index in [9.17, 15) is 9.59 Å². The molecule has 136 valence electrons. The van der Waals surface area contributed by atoms with Crippen LogP contribution in [0.4, 0.5) is 4.79 Å². The molecule has 1 unspecified atom stereocenters. The number of amides is 1. The van der Waals surface area contributed by atoms with Gasteiger partial charge in [0.2, 0.25) is 0 Å². The largest absolute Gasteiger partial charge is 0.445 e. The summed E-state index contributed by atoms with van der Waals surface area (Å²) in [6.07, 6.45) is 2.75. The minimum atomic E-state index is -0.437. The maximum atomic E-state index is 12.5. The van der Waals surface area contributed by atoms with E-state index in [0.29, 0.717) is 19.5 Å². The number of benzene rings is 1. The maximum Gasteiger partial charge on any atom is 0.410 e. The van der Waals surface area contributed by atoms with Crippen LogP contribution < -0.4 is 5.32 Å². The number of Topliss-reactive ketones (excluding diaryl/α,β-unsaturated/α-hetero) is 1. The molecule has 1 N–H and O–H groups in total. The Morgan fingerprint density at radius 3 is 2.77 bits per heavy atom. The zero-order valence-electron chi connectivity index (χ0n) is 14.6. The van der Waals surface area contributed by atoms with Crippen LogP contribution in [0.15, 0.2) is 54.7 Å². The van der Waals surface area contributed by atoms with Gasteiger partial charge >= 0.3 is 6.09 Å². The fourth-order valence-electron chi connectivity index (χ4n) is 2.94. The molecule has 0 bridgehead atoms. The molecule has 6 nitrogen and oxygen atoms in total. The van der Waals surface area contributed by atoms with Crippen LogP contribution in [0, 0.1) is 0 Å². The van der Waals surface area contributed by atoms with Crippen LogP contribution in [0.2, 0.25) is 0 Å². The SMILES string of the molecule is O=C1CN(C(=O)OCc2ccccc2)CCCC1NCc1ccccn1. The van der Waals surface area contributed by atoms with Crippen LogP contribution in [0.25, 0.3) is 0 Å². The van der Waals surface area contributed by atoms with E-state index in [2.05, 4.69) is 10.3 Å². The molecule has 1 amide bonds. The van der Waals surface area contributed by atoms with Gasteiger partial charge in [0.1, 0.15) is 6.61 Å². The molecule has 2 aromatic rings. The van der Waals surface area contributed by atoms with E-state index in [1.807, 2.05) is 48.5 Å². The van der Waals surface area contributed by atoms with Crippen molar-refractivity contribution in [3.63, 3.8) is 0 Å². The highest BCUT2D eigenvalue weighted by atomic mass is 16.6. The number of ketones is 1. The summed E-state index contributed by atoms with van der Waals surface area (Å²) in [5, 5.41) is 3.25. The molecule has 1 saturated heterocycles. The van der Waals surface area contributed by atoms with Crippen LogP contribution in [-0.2, 0) is 22.7 Å². The zero-order chi connectivity index (χ0) is 18.2. The third-order valence-electron chi connectivity index (χ3n) is 4.38. The van der Waals surface area contributed by atoms with Gasteiger partial charge in [-0.3, -0.25) is 9.78 Å². The molecule has 1 aromatic carbocycles. The molecular formula is C20H23N3O3. The molecule has 1 aliphatic heterocycles. The second-order valence-electron chi connectivity index (χ2n) is 6.32. The van der Waals surface area contributed by atoms with Crippen LogP contribution in [-0.4, -0.2) is 40.9 Å².